The summed E-state index contributed by atoms with van der Waals surface area (Å²) in [5, 5.41) is 7.52. The second-order valence-corrected chi connectivity index (χ2v) is 11.1. The highest BCUT2D eigenvalue weighted by atomic mass is 32.2. The van der Waals surface area contributed by atoms with Crippen molar-refractivity contribution in [3.8, 4) is 0 Å². The average molecular weight is 485 g/mol. The van der Waals surface area contributed by atoms with Gasteiger partial charge in [-0.05, 0) is 39.0 Å². The molecule has 0 fully saturated rings. The van der Waals surface area contributed by atoms with E-state index in [-0.39, 0.29) is 23.6 Å². The van der Waals surface area contributed by atoms with Crippen LogP contribution in [0.3, 0.4) is 0 Å². The van der Waals surface area contributed by atoms with Crippen LogP contribution in [-0.4, -0.2) is 47.4 Å². The van der Waals surface area contributed by atoms with Gasteiger partial charge in [0.1, 0.15) is 15.8 Å². The molecule has 2 heterocycles. The number of aromatic nitrogens is 1. The van der Waals surface area contributed by atoms with Gasteiger partial charge in [0.05, 0.1) is 17.8 Å². The summed E-state index contributed by atoms with van der Waals surface area (Å²) in [7, 11) is 1.83. The van der Waals surface area contributed by atoms with Crippen molar-refractivity contribution in [3.63, 3.8) is 0 Å². The molecule has 0 saturated heterocycles. The molecule has 2 aromatic rings. The van der Waals surface area contributed by atoms with Gasteiger partial charge in [0.2, 0.25) is 5.91 Å². The molecule has 168 valence electrons. The zero-order chi connectivity index (χ0) is 22.6. The highest BCUT2D eigenvalue weighted by Crippen LogP contribution is 2.41. The van der Waals surface area contributed by atoms with E-state index in [4.69, 9.17) is 4.74 Å². The SMILES string of the molecule is CN1c2cc(F)ccc2SC1NC(=O)Cc1csc(SCCNC(=O)OC(C)(C)C)n1. The third-order valence-corrected chi connectivity index (χ3v) is 7.37. The molecule has 0 aliphatic carbocycles. The molecular formula is C20H25FN4O3S3. The molecule has 1 atom stereocenters. The van der Waals surface area contributed by atoms with Gasteiger partial charge in [0.25, 0.3) is 0 Å². The van der Waals surface area contributed by atoms with Crippen LogP contribution in [0.5, 0.6) is 0 Å². The first-order valence-electron chi connectivity index (χ1n) is 9.63. The zero-order valence-electron chi connectivity index (χ0n) is 17.7. The molecule has 0 radical (unpaired) electrons. The predicted octanol–water partition coefficient (Wildman–Crippen LogP) is 4.08. The molecule has 0 saturated carbocycles. The third kappa shape index (κ3) is 7.01. The Morgan fingerprint density at radius 1 is 1.35 bits per heavy atom. The van der Waals surface area contributed by atoms with Gasteiger partial charge < -0.3 is 20.3 Å². The first kappa shape index (κ1) is 23.7. The van der Waals surface area contributed by atoms with E-state index in [1.807, 2.05) is 38.1 Å². The second kappa shape index (κ2) is 10.1. The number of hydrogen-bond donors (Lipinski definition) is 2. The number of rotatable bonds is 7. The summed E-state index contributed by atoms with van der Waals surface area (Å²) >= 11 is 4.45. The normalized spacial score (nSPS) is 15.5. The van der Waals surface area contributed by atoms with Gasteiger partial charge in [-0.15, -0.1) is 11.3 Å². The number of hydrogen-bond acceptors (Lipinski definition) is 8. The number of nitrogens with zero attached hydrogens (tertiary/aromatic N) is 2. The molecule has 3 rings (SSSR count). The quantitative estimate of drug-likeness (QED) is 0.452. The Hall–Kier alpha value is -1.98. The summed E-state index contributed by atoms with van der Waals surface area (Å²) in [6.07, 6.45) is -0.271. The highest BCUT2D eigenvalue weighted by molar-refractivity contribution is 8.01. The van der Waals surface area contributed by atoms with E-state index in [1.54, 1.807) is 6.07 Å². The van der Waals surface area contributed by atoms with Crippen molar-refractivity contribution in [1.82, 2.24) is 15.6 Å². The number of ether oxygens (including phenoxy) is 1. The lowest BCUT2D eigenvalue weighted by Gasteiger charge is -2.22. The summed E-state index contributed by atoms with van der Waals surface area (Å²) in [5.74, 6) is 0.203. The molecule has 1 aromatic heterocycles. The van der Waals surface area contributed by atoms with Crippen LogP contribution >= 0.6 is 34.9 Å². The Morgan fingerprint density at radius 2 is 2.13 bits per heavy atom. The Kier molecular flexibility index (Phi) is 7.71. The van der Waals surface area contributed by atoms with Crippen LogP contribution in [0.15, 0.2) is 32.8 Å². The molecule has 0 bridgehead atoms. The summed E-state index contributed by atoms with van der Waals surface area (Å²) in [5.41, 5.74) is 0.657. The standard InChI is InChI=1S/C20H25FN4O3S3/c1-20(2,3)28-18(27)22-7-8-29-19-23-13(11-30-19)10-16(26)24-17-25(4)14-9-12(21)5-6-15(14)31-17/h5-6,9,11,17H,7-8,10H2,1-4H3,(H,22,27)(H,24,26). The van der Waals surface area contributed by atoms with Gasteiger partial charge in [-0.2, -0.15) is 0 Å². The number of carbonyl (C=O) groups is 2. The van der Waals surface area contributed by atoms with E-state index in [9.17, 15) is 14.0 Å². The molecule has 31 heavy (non-hydrogen) atoms. The lowest BCUT2D eigenvalue weighted by Crippen LogP contribution is -2.42. The molecule has 2 N–H and O–H groups in total. The summed E-state index contributed by atoms with van der Waals surface area (Å²) in [6.45, 7) is 5.91. The van der Waals surface area contributed by atoms with Crippen molar-refractivity contribution < 1.29 is 18.7 Å². The minimum atomic E-state index is -0.521. The maximum Gasteiger partial charge on any atom is 0.407 e. The number of halogens is 1. The molecule has 1 aliphatic heterocycles. The van der Waals surface area contributed by atoms with Crippen LogP contribution in [0.4, 0.5) is 14.9 Å². The highest BCUT2D eigenvalue weighted by Gasteiger charge is 2.29. The lowest BCUT2D eigenvalue weighted by atomic mass is 10.2. The fourth-order valence-electron chi connectivity index (χ4n) is 2.71. The zero-order valence-corrected chi connectivity index (χ0v) is 20.2. The number of alkyl carbamates (subject to hydrolysis) is 1. The van der Waals surface area contributed by atoms with Crippen molar-refractivity contribution >= 4 is 52.5 Å². The van der Waals surface area contributed by atoms with Gasteiger partial charge in [0.15, 0.2) is 5.50 Å². The minimum Gasteiger partial charge on any atom is -0.444 e. The number of amides is 2. The van der Waals surface area contributed by atoms with Crippen LogP contribution in [0, 0.1) is 5.82 Å². The number of anilines is 1. The van der Waals surface area contributed by atoms with E-state index in [0.717, 1.165) is 14.9 Å². The number of fused-ring (bicyclic) bond motifs is 1. The topological polar surface area (TPSA) is 83.6 Å². The molecule has 11 heteroatoms. The molecule has 1 aliphatic rings. The third-order valence-electron chi connectivity index (χ3n) is 4.04. The Labute approximate surface area is 193 Å². The van der Waals surface area contributed by atoms with E-state index in [2.05, 4.69) is 15.6 Å². The fourth-order valence-corrected chi connectivity index (χ4v) is 5.66. The molecular weight excluding hydrogens is 459 g/mol. The van der Waals surface area contributed by atoms with Crippen molar-refractivity contribution in [2.45, 2.75) is 47.5 Å². The smallest absolute Gasteiger partial charge is 0.407 e. The van der Waals surface area contributed by atoms with E-state index in [0.29, 0.717) is 18.0 Å². The summed E-state index contributed by atoms with van der Waals surface area (Å²) in [6, 6.07) is 4.61. The summed E-state index contributed by atoms with van der Waals surface area (Å²) in [4.78, 5) is 31.3. The molecule has 7 nitrogen and oxygen atoms in total. The molecule has 1 aromatic carbocycles. The summed E-state index contributed by atoms with van der Waals surface area (Å²) < 4.78 is 19.5. The fraction of sp³-hybridized carbons (Fsp3) is 0.450. The van der Waals surface area contributed by atoms with Crippen molar-refractivity contribution in [1.29, 1.82) is 0 Å². The molecule has 1 unspecified atom stereocenters. The van der Waals surface area contributed by atoms with E-state index in [1.165, 1.54) is 47.0 Å². The van der Waals surface area contributed by atoms with Crippen molar-refractivity contribution in [3.05, 3.63) is 35.1 Å². The number of benzene rings is 1. The maximum atomic E-state index is 13.5. The number of thiazole rings is 1. The average Bonchev–Trinajstić information content (AvgIpc) is 3.22. The van der Waals surface area contributed by atoms with Gasteiger partial charge in [0, 0.05) is 29.6 Å². The van der Waals surface area contributed by atoms with Gasteiger partial charge in [-0.25, -0.2) is 14.2 Å². The van der Waals surface area contributed by atoms with Gasteiger partial charge >= 0.3 is 6.09 Å². The minimum absolute atomic E-state index is 0.147. The predicted molar refractivity (Wildman–Crippen MR) is 123 cm³/mol. The van der Waals surface area contributed by atoms with Crippen LogP contribution in [0.25, 0.3) is 0 Å². The molecule has 2 amide bonds. The first-order valence-corrected chi connectivity index (χ1v) is 12.4. The van der Waals surface area contributed by atoms with Gasteiger partial charge in [-0.1, -0.05) is 23.5 Å². The Morgan fingerprint density at radius 3 is 2.87 bits per heavy atom. The maximum absolute atomic E-state index is 13.5. The Bertz CT molecular complexity index is 948. The lowest BCUT2D eigenvalue weighted by molar-refractivity contribution is -0.120. The van der Waals surface area contributed by atoms with E-state index < -0.39 is 11.7 Å². The van der Waals surface area contributed by atoms with Crippen LogP contribution in [0.1, 0.15) is 26.5 Å². The monoisotopic (exact) mass is 484 g/mol. The number of nitrogens with one attached hydrogen (secondary N) is 2. The largest absolute Gasteiger partial charge is 0.444 e. The number of thioether (sulfide) groups is 2. The van der Waals surface area contributed by atoms with Crippen molar-refractivity contribution in [2.75, 3.05) is 24.2 Å². The van der Waals surface area contributed by atoms with Crippen LogP contribution in [-0.2, 0) is 16.0 Å². The van der Waals surface area contributed by atoms with Crippen molar-refractivity contribution in [2.24, 2.45) is 0 Å². The number of carbonyl (C=O) groups excluding carboxylic acids is 2. The second-order valence-electron chi connectivity index (χ2n) is 7.82. The van der Waals surface area contributed by atoms with Crippen LogP contribution < -0.4 is 15.5 Å². The van der Waals surface area contributed by atoms with E-state index >= 15 is 0 Å². The Balaban J connectivity index is 1.41. The van der Waals surface area contributed by atoms with Gasteiger partial charge in [-0.3, -0.25) is 4.79 Å². The molecule has 0 spiro atoms. The van der Waals surface area contributed by atoms with Crippen LogP contribution in [0.2, 0.25) is 0 Å². The first-order chi connectivity index (χ1) is 14.6.